The van der Waals surface area contributed by atoms with Crippen LogP contribution in [0.2, 0.25) is 0 Å². The van der Waals surface area contributed by atoms with E-state index >= 15 is 0 Å². The van der Waals surface area contributed by atoms with Crippen molar-refractivity contribution < 1.29 is 9.47 Å². The molecule has 0 amide bonds. The van der Waals surface area contributed by atoms with Gasteiger partial charge in [-0.25, -0.2) is 0 Å². The molecule has 0 spiro atoms. The Bertz CT molecular complexity index is 586. The first kappa shape index (κ1) is 18.7. The Labute approximate surface area is 149 Å². The van der Waals surface area contributed by atoms with E-state index in [1.807, 2.05) is 43.0 Å². The topological polar surface area (TPSA) is 30.5 Å². The highest BCUT2D eigenvalue weighted by Gasteiger charge is 2.02. The molecule has 130 valence electrons. The average molecular weight is 346 g/mol. The molecule has 0 saturated carbocycles. The highest BCUT2D eigenvalue weighted by atomic mass is 32.2. The third kappa shape index (κ3) is 6.85. The summed E-state index contributed by atoms with van der Waals surface area (Å²) in [5, 5.41) is 3.42. The summed E-state index contributed by atoms with van der Waals surface area (Å²) in [7, 11) is 0. The second-order valence-corrected chi connectivity index (χ2v) is 6.66. The Morgan fingerprint density at radius 3 is 2.33 bits per heavy atom. The van der Waals surface area contributed by atoms with Gasteiger partial charge in [0.2, 0.25) is 0 Å². The predicted molar refractivity (Wildman–Crippen MR) is 102 cm³/mol. The molecule has 0 unspecified atom stereocenters. The molecule has 3 nitrogen and oxygen atoms in total. The summed E-state index contributed by atoms with van der Waals surface area (Å²) >= 11 is 1.91. The first-order valence-electron chi connectivity index (χ1n) is 8.54. The quantitative estimate of drug-likeness (QED) is 0.478. The van der Waals surface area contributed by atoms with E-state index in [-0.39, 0.29) is 0 Å². The number of hydrogen-bond acceptors (Lipinski definition) is 4. The molecule has 0 atom stereocenters. The van der Waals surface area contributed by atoms with Gasteiger partial charge in [-0.1, -0.05) is 29.8 Å². The number of aryl methyl sites for hydroxylation is 1. The van der Waals surface area contributed by atoms with E-state index in [2.05, 4.69) is 36.5 Å². The lowest BCUT2D eigenvalue weighted by Crippen LogP contribution is -2.22. The summed E-state index contributed by atoms with van der Waals surface area (Å²) in [6.07, 6.45) is 1.15. The highest BCUT2D eigenvalue weighted by molar-refractivity contribution is 7.99. The number of para-hydroxylation sites is 2. The Morgan fingerprint density at radius 2 is 1.62 bits per heavy atom. The minimum atomic E-state index is 0.648. The molecule has 0 aliphatic heterocycles. The molecule has 2 aromatic carbocycles. The molecule has 24 heavy (non-hydrogen) atoms. The monoisotopic (exact) mass is 345 g/mol. The van der Waals surface area contributed by atoms with Crippen LogP contribution in [0.3, 0.4) is 0 Å². The molecule has 4 heteroatoms. The molecule has 0 radical (unpaired) electrons. The van der Waals surface area contributed by atoms with Crippen molar-refractivity contribution in [1.29, 1.82) is 0 Å². The smallest absolute Gasteiger partial charge is 0.161 e. The van der Waals surface area contributed by atoms with E-state index in [0.29, 0.717) is 13.2 Å². The van der Waals surface area contributed by atoms with Gasteiger partial charge in [0.05, 0.1) is 6.61 Å². The molecule has 0 fully saturated rings. The molecule has 1 N–H and O–H groups in total. The molecule has 0 saturated heterocycles. The molecule has 0 aliphatic carbocycles. The van der Waals surface area contributed by atoms with Crippen LogP contribution in [0, 0.1) is 6.92 Å². The second-order valence-electron chi connectivity index (χ2n) is 5.49. The molecular formula is C20H27NO2S. The van der Waals surface area contributed by atoms with E-state index in [4.69, 9.17) is 9.47 Å². The Hall–Kier alpha value is -1.65. The van der Waals surface area contributed by atoms with E-state index in [1.54, 1.807) is 0 Å². The summed E-state index contributed by atoms with van der Waals surface area (Å²) in [5.74, 6) is 2.76. The van der Waals surface area contributed by atoms with E-state index in [0.717, 1.165) is 36.8 Å². The van der Waals surface area contributed by atoms with Crippen molar-refractivity contribution in [3.05, 3.63) is 54.1 Å². The molecule has 0 aromatic heterocycles. The third-order valence-corrected chi connectivity index (χ3v) is 4.57. The first-order chi connectivity index (χ1) is 11.8. The van der Waals surface area contributed by atoms with Gasteiger partial charge in [-0.3, -0.25) is 0 Å². The third-order valence-electron chi connectivity index (χ3n) is 3.47. The minimum Gasteiger partial charge on any atom is -0.490 e. The first-order valence-corrected chi connectivity index (χ1v) is 9.53. The van der Waals surface area contributed by atoms with Gasteiger partial charge >= 0.3 is 0 Å². The summed E-state index contributed by atoms with van der Waals surface area (Å²) in [6, 6.07) is 16.5. The van der Waals surface area contributed by atoms with Crippen molar-refractivity contribution in [2.45, 2.75) is 25.2 Å². The predicted octanol–water partition coefficient (Wildman–Crippen LogP) is 4.54. The van der Waals surface area contributed by atoms with Crippen molar-refractivity contribution >= 4 is 11.8 Å². The van der Waals surface area contributed by atoms with Crippen LogP contribution in [0.4, 0.5) is 0 Å². The zero-order chi connectivity index (χ0) is 17.0. The fourth-order valence-electron chi connectivity index (χ4n) is 2.22. The van der Waals surface area contributed by atoms with Crippen LogP contribution in [-0.4, -0.2) is 32.1 Å². The second kappa shape index (κ2) is 11.0. The van der Waals surface area contributed by atoms with E-state index in [9.17, 15) is 0 Å². The molecule has 0 aliphatic rings. The van der Waals surface area contributed by atoms with Crippen LogP contribution in [0.25, 0.3) is 0 Å². The lowest BCUT2D eigenvalue weighted by atomic mass is 10.2. The minimum absolute atomic E-state index is 0.648. The molecule has 2 aromatic rings. The fourth-order valence-corrected chi connectivity index (χ4v) is 3.08. The van der Waals surface area contributed by atoms with Crippen molar-refractivity contribution in [2.75, 3.05) is 32.1 Å². The molecule has 0 bridgehead atoms. The van der Waals surface area contributed by atoms with Gasteiger partial charge < -0.3 is 14.8 Å². The lowest BCUT2D eigenvalue weighted by Gasteiger charge is -2.12. The average Bonchev–Trinajstić information content (AvgIpc) is 2.60. The van der Waals surface area contributed by atoms with Gasteiger partial charge in [0.15, 0.2) is 11.5 Å². The Kier molecular flexibility index (Phi) is 8.56. The van der Waals surface area contributed by atoms with Crippen LogP contribution >= 0.6 is 11.8 Å². The van der Waals surface area contributed by atoms with Gasteiger partial charge in [0.1, 0.15) is 6.61 Å². The summed E-state index contributed by atoms with van der Waals surface area (Å²) in [5.41, 5.74) is 1.31. The number of benzene rings is 2. The van der Waals surface area contributed by atoms with Crippen molar-refractivity contribution in [2.24, 2.45) is 0 Å². The summed E-state index contributed by atoms with van der Waals surface area (Å²) in [4.78, 5) is 1.34. The zero-order valence-electron chi connectivity index (χ0n) is 14.6. The van der Waals surface area contributed by atoms with E-state index < -0.39 is 0 Å². The van der Waals surface area contributed by atoms with Crippen molar-refractivity contribution in [3.8, 4) is 11.5 Å². The van der Waals surface area contributed by atoms with Gasteiger partial charge in [0.25, 0.3) is 0 Å². The van der Waals surface area contributed by atoms with Gasteiger partial charge in [-0.15, -0.1) is 11.8 Å². The van der Waals surface area contributed by atoms with Crippen LogP contribution in [-0.2, 0) is 0 Å². The van der Waals surface area contributed by atoms with Gasteiger partial charge in [-0.05, 0) is 56.8 Å². The Morgan fingerprint density at radius 1 is 0.917 bits per heavy atom. The number of hydrogen-bond donors (Lipinski definition) is 1. The molecule has 0 heterocycles. The van der Waals surface area contributed by atoms with Crippen LogP contribution in [0.1, 0.15) is 18.9 Å². The number of ether oxygens (including phenoxy) is 2. The maximum absolute atomic E-state index is 5.78. The van der Waals surface area contributed by atoms with Crippen molar-refractivity contribution in [1.82, 2.24) is 5.32 Å². The number of thioether (sulfide) groups is 1. The van der Waals surface area contributed by atoms with Crippen LogP contribution in [0.5, 0.6) is 11.5 Å². The van der Waals surface area contributed by atoms with E-state index in [1.165, 1.54) is 10.5 Å². The standard InChI is InChI=1S/C20H27NO2S/c1-3-22-19-7-4-5-8-20(19)23-15-14-21-13-6-16-24-18-11-9-17(2)10-12-18/h4-5,7-12,21H,3,6,13-16H2,1-2H3. The van der Waals surface area contributed by atoms with Gasteiger partial charge in [0, 0.05) is 11.4 Å². The highest BCUT2D eigenvalue weighted by Crippen LogP contribution is 2.26. The largest absolute Gasteiger partial charge is 0.490 e. The normalized spacial score (nSPS) is 10.6. The fraction of sp³-hybridized carbons (Fsp3) is 0.400. The maximum atomic E-state index is 5.78. The van der Waals surface area contributed by atoms with Crippen LogP contribution in [0.15, 0.2) is 53.4 Å². The zero-order valence-corrected chi connectivity index (χ0v) is 15.4. The van der Waals surface area contributed by atoms with Crippen molar-refractivity contribution in [3.63, 3.8) is 0 Å². The Balaban J connectivity index is 1.53. The summed E-state index contributed by atoms with van der Waals surface area (Å²) in [6.45, 7) is 7.25. The number of nitrogens with one attached hydrogen (secondary N) is 1. The molecule has 2 rings (SSSR count). The number of rotatable bonds is 11. The summed E-state index contributed by atoms with van der Waals surface area (Å²) < 4.78 is 11.3. The molecular weight excluding hydrogens is 318 g/mol. The SMILES string of the molecule is CCOc1ccccc1OCCNCCCSc1ccc(C)cc1. The van der Waals surface area contributed by atoms with Gasteiger partial charge in [-0.2, -0.15) is 0 Å². The maximum Gasteiger partial charge on any atom is 0.161 e. The van der Waals surface area contributed by atoms with Crippen LogP contribution < -0.4 is 14.8 Å². The lowest BCUT2D eigenvalue weighted by molar-refractivity contribution is 0.276.